The fourth-order valence-corrected chi connectivity index (χ4v) is 1.97. The fraction of sp³-hybridized carbons (Fsp3) is 0.385. The third kappa shape index (κ3) is 2.64. The van der Waals surface area contributed by atoms with Crippen LogP contribution in [-0.2, 0) is 0 Å². The van der Waals surface area contributed by atoms with E-state index in [0.717, 1.165) is 31.0 Å². The average Bonchev–Trinajstić information content (AvgIpc) is 2.75. The van der Waals surface area contributed by atoms with Crippen LogP contribution in [-0.4, -0.2) is 36.4 Å². The lowest BCUT2D eigenvalue weighted by molar-refractivity contribution is -0.507. The molecular weight excluding hydrogens is 216 g/mol. The summed E-state index contributed by atoms with van der Waals surface area (Å²) in [5, 5.41) is 0. The Hall–Kier alpha value is -1.84. The predicted molar refractivity (Wildman–Crippen MR) is 65.7 cm³/mol. The molecule has 17 heavy (non-hydrogen) atoms. The van der Waals surface area contributed by atoms with Crippen molar-refractivity contribution in [2.24, 2.45) is 5.73 Å². The average molecular weight is 233 g/mol. The molecule has 0 bridgehead atoms. The molecule has 0 unspecified atom stereocenters. The van der Waals surface area contributed by atoms with Gasteiger partial charge in [0, 0.05) is 5.56 Å². The molecule has 2 N–H and O–H groups in total. The Morgan fingerprint density at radius 2 is 2.12 bits per heavy atom. The van der Waals surface area contributed by atoms with Crippen LogP contribution in [0.3, 0.4) is 0 Å². The number of carbonyl (C=O) groups is 1. The third-order valence-corrected chi connectivity index (χ3v) is 3.01. The lowest BCUT2D eigenvalue weighted by atomic mass is 10.1. The minimum atomic E-state index is 0.0949. The Morgan fingerprint density at radius 1 is 1.41 bits per heavy atom. The van der Waals surface area contributed by atoms with Gasteiger partial charge in [-0.15, -0.1) is 0 Å². The molecule has 4 nitrogen and oxygen atoms in total. The number of ketones is 1. The van der Waals surface area contributed by atoms with Gasteiger partial charge in [-0.2, -0.15) is 0 Å². The second-order valence-corrected chi connectivity index (χ2v) is 4.17. The van der Waals surface area contributed by atoms with E-state index in [1.165, 1.54) is 0 Å². The maximum absolute atomic E-state index is 12.0. The number of benzene rings is 1. The highest BCUT2D eigenvalue weighted by Crippen LogP contribution is 2.12. The lowest BCUT2D eigenvalue weighted by Gasteiger charge is -2.04. The zero-order valence-electron chi connectivity index (χ0n) is 9.98. The van der Waals surface area contributed by atoms with Gasteiger partial charge < -0.3 is 4.74 Å². The molecule has 1 aromatic carbocycles. The molecule has 1 aromatic rings. The van der Waals surface area contributed by atoms with Gasteiger partial charge in [0.15, 0.2) is 0 Å². The van der Waals surface area contributed by atoms with Crippen LogP contribution in [0.25, 0.3) is 0 Å². The highest BCUT2D eigenvalue weighted by molar-refractivity contribution is 5.97. The monoisotopic (exact) mass is 233 g/mol. The van der Waals surface area contributed by atoms with E-state index in [0.29, 0.717) is 12.1 Å². The topological polar surface area (TPSA) is 55.3 Å². The first-order chi connectivity index (χ1) is 8.20. The second-order valence-electron chi connectivity index (χ2n) is 4.17. The van der Waals surface area contributed by atoms with Crippen LogP contribution in [0.15, 0.2) is 24.3 Å². The molecule has 90 valence electrons. The largest absolute Gasteiger partial charge is 0.497 e. The summed E-state index contributed by atoms with van der Waals surface area (Å²) in [6.45, 7) is 1.26. The summed E-state index contributed by atoms with van der Waals surface area (Å²) >= 11 is 0. The molecule has 0 aliphatic carbocycles. The fourth-order valence-electron chi connectivity index (χ4n) is 1.97. The minimum Gasteiger partial charge on any atom is -0.497 e. The smallest absolute Gasteiger partial charge is 0.243 e. The first-order valence-electron chi connectivity index (χ1n) is 5.74. The minimum absolute atomic E-state index is 0.0949. The van der Waals surface area contributed by atoms with Gasteiger partial charge in [0.05, 0.1) is 20.1 Å². The van der Waals surface area contributed by atoms with Gasteiger partial charge >= 0.3 is 0 Å². The van der Waals surface area contributed by atoms with Crippen LogP contribution in [0.5, 0.6) is 5.75 Å². The molecule has 0 aromatic heterocycles. The van der Waals surface area contributed by atoms with Crippen molar-refractivity contribution in [1.29, 1.82) is 0 Å². The van der Waals surface area contributed by atoms with E-state index in [-0.39, 0.29) is 5.78 Å². The van der Waals surface area contributed by atoms with Crippen LogP contribution in [0.4, 0.5) is 0 Å². The third-order valence-electron chi connectivity index (χ3n) is 3.01. The number of nitrogens with two attached hydrogens (primary N) is 1. The van der Waals surface area contributed by atoms with Gasteiger partial charge in [0.1, 0.15) is 12.3 Å². The summed E-state index contributed by atoms with van der Waals surface area (Å²) in [5.74, 6) is 1.68. The molecule has 0 saturated heterocycles. The second kappa shape index (κ2) is 4.99. The van der Waals surface area contributed by atoms with E-state index in [1.54, 1.807) is 31.4 Å². The molecule has 1 aliphatic heterocycles. The number of nitrogens with zero attached hydrogens (tertiary/aromatic N) is 1. The normalized spacial score (nSPS) is 15.1. The Balaban J connectivity index is 2.06. The first-order valence-corrected chi connectivity index (χ1v) is 5.74. The Labute approximate surface area is 101 Å². The van der Waals surface area contributed by atoms with Crippen molar-refractivity contribution in [3.05, 3.63) is 29.8 Å². The van der Waals surface area contributed by atoms with Gasteiger partial charge in [-0.25, -0.2) is 0 Å². The number of hydrogen-bond donors (Lipinski definition) is 1. The molecule has 0 fully saturated rings. The van der Waals surface area contributed by atoms with Gasteiger partial charge in [-0.1, -0.05) is 0 Å². The van der Waals surface area contributed by atoms with Crippen molar-refractivity contribution in [1.82, 2.24) is 0 Å². The number of amidine groups is 1. The van der Waals surface area contributed by atoms with Crippen LogP contribution in [0, 0.1) is 0 Å². The number of Topliss-reactive ketones (excluding diaryl/α,β-unsaturated/α-hetero) is 1. The predicted octanol–water partition coefficient (Wildman–Crippen LogP) is 1.04. The van der Waals surface area contributed by atoms with E-state index in [2.05, 4.69) is 0 Å². The van der Waals surface area contributed by atoms with Crippen LogP contribution >= 0.6 is 0 Å². The number of hydrogen-bond acceptors (Lipinski definition) is 3. The summed E-state index contributed by atoms with van der Waals surface area (Å²) < 4.78 is 7.00. The van der Waals surface area contributed by atoms with Crippen molar-refractivity contribution >= 4 is 11.6 Å². The number of rotatable bonds is 4. The van der Waals surface area contributed by atoms with Gasteiger partial charge in [-0.05, 0) is 30.7 Å². The summed E-state index contributed by atoms with van der Waals surface area (Å²) in [4.78, 5) is 12.0. The zero-order chi connectivity index (χ0) is 12.3. The molecule has 0 saturated carbocycles. The molecule has 4 heteroatoms. The SMILES string of the molecule is COc1ccc(C(=O)C[N+]2=C(N)CCC2)cc1. The van der Waals surface area contributed by atoms with Crippen LogP contribution < -0.4 is 10.5 Å². The van der Waals surface area contributed by atoms with E-state index < -0.39 is 0 Å². The number of methoxy groups -OCH3 is 1. The highest BCUT2D eigenvalue weighted by Gasteiger charge is 2.19. The van der Waals surface area contributed by atoms with Crippen molar-refractivity contribution in [2.45, 2.75) is 12.8 Å². The van der Waals surface area contributed by atoms with Crippen LogP contribution in [0.1, 0.15) is 23.2 Å². The van der Waals surface area contributed by atoms with Crippen molar-refractivity contribution < 1.29 is 14.1 Å². The summed E-state index contributed by atoms with van der Waals surface area (Å²) in [5.41, 5.74) is 6.52. The van der Waals surface area contributed by atoms with Crippen molar-refractivity contribution in [3.63, 3.8) is 0 Å². The Bertz CT molecular complexity index is 449. The molecule has 0 atom stereocenters. The summed E-state index contributed by atoms with van der Waals surface area (Å²) in [6, 6.07) is 7.16. The van der Waals surface area contributed by atoms with Crippen molar-refractivity contribution in [3.8, 4) is 5.75 Å². The quantitative estimate of drug-likeness (QED) is 0.624. The standard InChI is InChI=1S/C13H16N2O2/c1-17-11-6-4-10(5-7-11)12(16)9-15-8-2-3-13(15)14/h4-7,14H,2-3,8-9H2,1H3/p+1. The number of carbonyl (C=O) groups excluding carboxylic acids is 1. The highest BCUT2D eigenvalue weighted by atomic mass is 16.5. The molecule has 2 rings (SSSR count). The lowest BCUT2D eigenvalue weighted by Crippen LogP contribution is -2.27. The van der Waals surface area contributed by atoms with E-state index in [1.807, 2.05) is 4.58 Å². The summed E-state index contributed by atoms with van der Waals surface area (Å²) in [7, 11) is 1.61. The summed E-state index contributed by atoms with van der Waals surface area (Å²) in [6.07, 6.45) is 1.94. The van der Waals surface area contributed by atoms with Crippen molar-refractivity contribution in [2.75, 3.05) is 20.2 Å². The van der Waals surface area contributed by atoms with E-state index in [9.17, 15) is 4.79 Å². The first kappa shape index (κ1) is 11.6. The van der Waals surface area contributed by atoms with Gasteiger partial charge in [0.25, 0.3) is 0 Å². The van der Waals surface area contributed by atoms with Gasteiger partial charge in [-0.3, -0.25) is 15.1 Å². The molecule has 0 spiro atoms. The Morgan fingerprint density at radius 3 is 2.65 bits per heavy atom. The van der Waals surface area contributed by atoms with Gasteiger partial charge in [0.2, 0.25) is 11.6 Å². The van der Waals surface area contributed by atoms with E-state index in [4.69, 9.17) is 10.5 Å². The maximum Gasteiger partial charge on any atom is 0.243 e. The Kier molecular flexibility index (Phi) is 3.42. The van der Waals surface area contributed by atoms with Crippen LogP contribution in [0.2, 0.25) is 0 Å². The maximum atomic E-state index is 12.0. The molecule has 1 heterocycles. The molecule has 0 amide bonds. The number of ether oxygens (including phenoxy) is 1. The van der Waals surface area contributed by atoms with E-state index >= 15 is 0 Å². The molecule has 1 aliphatic rings. The molecular formula is C13H17N2O2+. The molecule has 0 radical (unpaired) electrons. The zero-order valence-corrected chi connectivity index (χ0v) is 9.98.